The molecule has 0 radical (unpaired) electrons. The smallest absolute Gasteiger partial charge is 0.165 e. The monoisotopic (exact) mass is 289 g/mol. The van der Waals surface area contributed by atoms with Crippen LogP contribution in [-0.4, -0.2) is 14.6 Å². The second kappa shape index (κ2) is 4.56. The number of rotatable bonds is 1. The summed E-state index contributed by atoms with van der Waals surface area (Å²) < 4.78 is 15.1. The summed E-state index contributed by atoms with van der Waals surface area (Å²) in [6.45, 7) is 5.68. The van der Waals surface area contributed by atoms with Crippen molar-refractivity contribution in [1.29, 1.82) is 0 Å². The number of hydrogen-bond donors (Lipinski definition) is 0. The predicted octanol–water partition coefficient (Wildman–Crippen LogP) is 4.11. The second-order valence-electron chi connectivity index (χ2n) is 4.82. The lowest BCUT2D eigenvalue weighted by Crippen LogP contribution is -1.99. The number of aromatic nitrogens is 3. The average molecular weight is 290 g/mol. The first-order valence-corrected chi connectivity index (χ1v) is 6.65. The van der Waals surface area contributed by atoms with Gasteiger partial charge >= 0.3 is 0 Å². The van der Waals surface area contributed by atoms with Crippen LogP contribution in [0.3, 0.4) is 0 Å². The van der Waals surface area contributed by atoms with E-state index in [1.165, 1.54) is 12.1 Å². The van der Waals surface area contributed by atoms with Gasteiger partial charge in [0.05, 0.1) is 5.69 Å². The number of benzene rings is 1. The van der Waals surface area contributed by atoms with E-state index < -0.39 is 0 Å². The number of hydrogen-bond acceptors (Lipinski definition) is 2. The van der Waals surface area contributed by atoms with Gasteiger partial charge in [-0.3, -0.25) is 0 Å². The first-order valence-electron chi connectivity index (χ1n) is 6.27. The highest BCUT2D eigenvalue weighted by Gasteiger charge is 2.17. The summed E-state index contributed by atoms with van der Waals surface area (Å²) in [6, 6.07) is 6.42. The van der Waals surface area contributed by atoms with Gasteiger partial charge in [0.25, 0.3) is 0 Å². The molecule has 3 aromatic rings. The highest BCUT2D eigenvalue weighted by molar-refractivity contribution is 6.30. The zero-order valence-electron chi connectivity index (χ0n) is 11.4. The number of halogens is 2. The highest BCUT2D eigenvalue weighted by Crippen LogP contribution is 2.30. The summed E-state index contributed by atoms with van der Waals surface area (Å²) >= 11 is 6.32. The minimum atomic E-state index is -0.281. The quantitative estimate of drug-likeness (QED) is 0.631. The molecule has 1 aromatic carbocycles. The lowest BCUT2D eigenvalue weighted by molar-refractivity contribution is 0.628. The molecule has 0 aliphatic heterocycles. The molecule has 5 heteroatoms. The third kappa shape index (κ3) is 1.88. The number of fused-ring (bicyclic) bond motifs is 1. The summed E-state index contributed by atoms with van der Waals surface area (Å²) in [6.07, 6.45) is 0. The van der Waals surface area contributed by atoms with Crippen molar-refractivity contribution < 1.29 is 4.39 Å². The molecular formula is C15H13ClFN3. The van der Waals surface area contributed by atoms with Crippen LogP contribution in [0.1, 0.15) is 17.0 Å². The van der Waals surface area contributed by atoms with E-state index in [-0.39, 0.29) is 5.82 Å². The number of nitrogens with zero attached hydrogens (tertiary/aromatic N) is 3. The molecule has 3 rings (SSSR count). The molecule has 0 atom stereocenters. The predicted molar refractivity (Wildman–Crippen MR) is 77.6 cm³/mol. The molecule has 102 valence electrons. The van der Waals surface area contributed by atoms with E-state index in [1.807, 2.05) is 26.8 Å². The first-order chi connectivity index (χ1) is 9.49. The molecule has 2 aromatic heterocycles. The van der Waals surface area contributed by atoms with Crippen molar-refractivity contribution in [2.24, 2.45) is 0 Å². The normalized spacial score (nSPS) is 11.2. The summed E-state index contributed by atoms with van der Waals surface area (Å²) in [5.74, 6) is -0.281. The zero-order chi connectivity index (χ0) is 14.4. The molecule has 0 aliphatic rings. The molecule has 0 unspecified atom stereocenters. The molecule has 2 heterocycles. The maximum atomic E-state index is 13.4. The van der Waals surface area contributed by atoms with Crippen LogP contribution in [-0.2, 0) is 0 Å². The Hall–Kier alpha value is -1.94. The lowest BCUT2D eigenvalue weighted by atomic mass is 10.1. The van der Waals surface area contributed by atoms with Crippen LogP contribution in [0.5, 0.6) is 0 Å². The standard InChI is InChI=1S/C15H13ClFN3/c1-8-9(2)18-15-13(10(3)19-20(15)14(8)16)11-5-4-6-12(17)7-11/h4-7H,1-3H3. The van der Waals surface area contributed by atoms with Crippen LogP contribution in [0, 0.1) is 26.6 Å². The van der Waals surface area contributed by atoms with Gasteiger partial charge in [-0.1, -0.05) is 23.7 Å². The second-order valence-corrected chi connectivity index (χ2v) is 5.18. The van der Waals surface area contributed by atoms with Gasteiger partial charge in [-0.15, -0.1) is 0 Å². The van der Waals surface area contributed by atoms with Gasteiger partial charge in [-0.05, 0) is 38.5 Å². The molecule has 3 nitrogen and oxygen atoms in total. The fourth-order valence-corrected chi connectivity index (χ4v) is 2.54. The molecule has 0 saturated carbocycles. The Morgan fingerprint density at radius 3 is 2.60 bits per heavy atom. The summed E-state index contributed by atoms with van der Waals surface area (Å²) in [5, 5.41) is 4.96. The van der Waals surface area contributed by atoms with Crippen molar-refractivity contribution in [1.82, 2.24) is 14.6 Å². The van der Waals surface area contributed by atoms with Crippen LogP contribution in [0.4, 0.5) is 4.39 Å². The Morgan fingerprint density at radius 2 is 1.90 bits per heavy atom. The molecule has 0 saturated heterocycles. The Morgan fingerprint density at radius 1 is 1.15 bits per heavy atom. The Balaban J connectivity index is 2.40. The number of aryl methyl sites for hydroxylation is 2. The summed E-state index contributed by atoms with van der Waals surface area (Å²) in [7, 11) is 0. The molecule has 20 heavy (non-hydrogen) atoms. The van der Waals surface area contributed by atoms with Crippen LogP contribution in [0.25, 0.3) is 16.8 Å². The van der Waals surface area contributed by atoms with E-state index >= 15 is 0 Å². The molecule has 0 fully saturated rings. The van der Waals surface area contributed by atoms with Gasteiger partial charge in [0.2, 0.25) is 0 Å². The third-order valence-corrected chi connectivity index (χ3v) is 3.90. The van der Waals surface area contributed by atoms with Gasteiger partial charge in [-0.2, -0.15) is 5.10 Å². The molecule has 0 bridgehead atoms. The molecule has 0 N–H and O–H groups in total. The van der Waals surface area contributed by atoms with E-state index in [4.69, 9.17) is 11.6 Å². The van der Waals surface area contributed by atoms with Crippen molar-refractivity contribution >= 4 is 17.2 Å². The summed E-state index contributed by atoms with van der Waals surface area (Å²) in [5.41, 5.74) is 4.74. The van der Waals surface area contributed by atoms with Crippen LogP contribution in [0.2, 0.25) is 5.15 Å². The van der Waals surface area contributed by atoms with Crippen LogP contribution < -0.4 is 0 Å². The van der Waals surface area contributed by atoms with Crippen LogP contribution in [0.15, 0.2) is 24.3 Å². The average Bonchev–Trinajstić information content (AvgIpc) is 2.73. The van der Waals surface area contributed by atoms with Gasteiger partial charge < -0.3 is 0 Å². The van der Waals surface area contributed by atoms with Crippen molar-refractivity contribution in [2.75, 3.05) is 0 Å². The minimum Gasteiger partial charge on any atom is -0.233 e. The fourth-order valence-electron chi connectivity index (χ4n) is 2.29. The zero-order valence-corrected chi connectivity index (χ0v) is 12.2. The molecule has 0 amide bonds. The Bertz CT molecular complexity index is 824. The lowest BCUT2D eigenvalue weighted by Gasteiger charge is -2.06. The third-order valence-electron chi connectivity index (χ3n) is 3.46. The maximum absolute atomic E-state index is 13.4. The van der Waals surface area contributed by atoms with E-state index in [0.29, 0.717) is 10.8 Å². The Kier molecular flexibility index (Phi) is 2.98. The van der Waals surface area contributed by atoms with Crippen LogP contribution >= 0.6 is 11.6 Å². The largest absolute Gasteiger partial charge is 0.233 e. The molecular weight excluding hydrogens is 277 g/mol. The SMILES string of the molecule is Cc1nc2c(-c3cccc(F)c3)c(C)nn2c(Cl)c1C. The van der Waals surface area contributed by atoms with Gasteiger partial charge in [0.15, 0.2) is 5.65 Å². The first kappa shape index (κ1) is 13.1. The topological polar surface area (TPSA) is 30.2 Å². The van der Waals surface area contributed by atoms with E-state index in [9.17, 15) is 4.39 Å². The minimum absolute atomic E-state index is 0.281. The van der Waals surface area contributed by atoms with Gasteiger partial charge in [-0.25, -0.2) is 13.9 Å². The van der Waals surface area contributed by atoms with E-state index in [2.05, 4.69) is 10.1 Å². The van der Waals surface area contributed by atoms with E-state index in [1.54, 1.807) is 10.6 Å². The van der Waals surface area contributed by atoms with Gasteiger partial charge in [0, 0.05) is 16.8 Å². The van der Waals surface area contributed by atoms with Crippen molar-refractivity contribution in [2.45, 2.75) is 20.8 Å². The molecule has 0 aliphatic carbocycles. The molecule has 0 spiro atoms. The van der Waals surface area contributed by atoms with Crippen molar-refractivity contribution in [3.8, 4) is 11.1 Å². The summed E-state index contributed by atoms with van der Waals surface area (Å²) in [4.78, 5) is 4.56. The Labute approximate surface area is 121 Å². The van der Waals surface area contributed by atoms with Crippen molar-refractivity contribution in [3.05, 3.63) is 52.2 Å². The highest BCUT2D eigenvalue weighted by atomic mass is 35.5. The van der Waals surface area contributed by atoms with Crippen molar-refractivity contribution in [3.63, 3.8) is 0 Å². The van der Waals surface area contributed by atoms with Gasteiger partial charge in [0.1, 0.15) is 11.0 Å². The fraction of sp³-hybridized carbons (Fsp3) is 0.200. The van der Waals surface area contributed by atoms with E-state index in [0.717, 1.165) is 28.1 Å². The maximum Gasteiger partial charge on any atom is 0.165 e.